The highest BCUT2D eigenvalue weighted by Gasteiger charge is 2.31. The van der Waals surface area contributed by atoms with Gasteiger partial charge in [-0.2, -0.15) is 0 Å². The van der Waals surface area contributed by atoms with Gasteiger partial charge in [-0.3, -0.25) is 9.78 Å². The minimum atomic E-state index is -1.31. The highest BCUT2D eigenvalue weighted by Crippen LogP contribution is 2.49. The van der Waals surface area contributed by atoms with Gasteiger partial charge in [-0.25, -0.2) is 4.79 Å². The van der Waals surface area contributed by atoms with Crippen LogP contribution in [-0.2, 0) is 11.5 Å². The Morgan fingerprint density at radius 3 is 2.59 bits per heavy atom. The largest absolute Gasteiger partial charge is 0.493 e. The lowest BCUT2D eigenvalue weighted by Crippen LogP contribution is -2.46. The van der Waals surface area contributed by atoms with Gasteiger partial charge in [0.2, 0.25) is 6.79 Å². The van der Waals surface area contributed by atoms with Crippen LogP contribution in [0.15, 0.2) is 24.4 Å². The second-order valence-electron chi connectivity index (χ2n) is 13.2. The number of hydrogen-bond donors (Lipinski definition) is 2. The lowest BCUT2D eigenvalue weighted by Gasteiger charge is -2.30. The van der Waals surface area contributed by atoms with Gasteiger partial charge in [0.05, 0.1) is 23.3 Å². The minimum absolute atomic E-state index is 0.122. The average molecular weight is 623 g/mol. The Balaban J connectivity index is 1.40. The van der Waals surface area contributed by atoms with Crippen molar-refractivity contribution in [3.8, 4) is 28.4 Å². The molecule has 236 valence electrons. The quantitative estimate of drug-likeness (QED) is 0.206. The van der Waals surface area contributed by atoms with Crippen molar-refractivity contribution in [1.82, 2.24) is 19.8 Å². The van der Waals surface area contributed by atoms with E-state index < -0.39 is 14.2 Å². The van der Waals surface area contributed by atoms with E-state index in [1.54, 1.807) is 6.20 Å². The van der Waals surface area contributed by atoms with Gasteiger partial charge in [0.1, 0.15) is 18.0 Å². The van der Waals surface area contributed by atoms with Crippen molar-refractivity contribution in [2.75, 3.05) is 33.1 Å². The third-order valence-corrected chi connectivity index (χ3v) is 10.4. The zero-order valence-electron chi connectivity index (χ0n) is 26.0. The number of amides is 2. The number of carbonyl (C=O) groups excluding carboxylic acids is 1. The molecule has 0 unspecified atom stereocenters. The Hall–Kier alpha value is -3.77. The molecule has 0 atom stereocenters. The van der Waals surface area contributed by atoms with E-state index in [-0.39, 0.29) is 25.5 Å². The molecule has 44 heavy (non-hydrogen) atoms. The first-order valence-electron chi connectivity index (χ1n) is 15.5. The summed E-state index contributed by atoms with van der Waals surface area (Å²) in [5, 5.41) is 12.5. The molecule has 3 aliphatic rings. The number of pyridine rings is 1. The molecule has 0 bridgehead atoms. The summed E-state index contributed by atoms with van der Waals surface area (Å²) < 4.78 is 26.4. The van der Waals surface area contributed by atoms with Crippen LogP contribution in [0.5, 0.6) is 17.2 Å². The maximum absolute atomic E-state index is 13.9. The molecule has 2 amide bonds. The predicted octanol–water partition coefficient (Wildman–Crippen LogP) is 5.71. The number of piperidine rings is 1. The molecule has 1 aliphatic carbocycles. The van der Waals surface area contributed by atoms with Crippen molar-refractivity contribution < 1.29 is 33.6 Å². The second-order valence-corrected chi connectivity index (χ2v) is 18.9. The Morgan fingerprint density at radius 1 is 1.11 bits per heavy atom. The van der Waals surface area contributed by atoms with Crippen molar-refractivity contribution in [2.24, 2.45) is 5.92 Å². The van der Waals surface area contributed by atoms with Gasteiger partial charge < -0.3 is 38.8 Å². The lowest BCUT2D eigenvalue weighted by molar-refractivity contribution is 0.0874. The summed E-state index contributed by atoms with van der Waals surface area (Å²) in [4.78, 5) is 31.4. The summed E-state index contributed by atoms with van der Waals surface area (Å²) in [7, 11) is -1.31. The van der Waals surface area contributed by atoms with Gasteiger partial charge in [0.25, 0.3) is 5.91 Å². The molecule has 0 spiro atoms. The van der Waals surface area contributed by atoms with E-state index in [4.69, 9.17) is 23.9 Å². The van der Waals surface area contributed by atoms with Gasteiger partial charge in [-0.15, -0.1) is 0 Å². The summed E-state index contributed by atoms with van der Waals surface area (Å²) in [6.45, 7) is 11.3. The molecule has 2 N–H and O–H groups in total. The second kappa shape index (κ2) is 12.3. The highest BCUT2D eigenvalue weighted by molar-refractivity contribution is 6.76. The van der Waals surface area contributed by atoms with Gasteiger partial charge in [0.15, 0.2) is 11.5 Å². The first-order valence-corrected chi connectivity index (χ1v) is 19.2. The van der Waals surface area contributed by atoms with Crippen LogP contribution in [0.1, 0.15) is 41.7 Å². The molecule has 1 saturated carbocycles. The lowest BCUT2D eigenvalue weighted by atomic mass is 10.0. The smallest absolute Gasteiger partial charge is 0.407 e. The van der Waals surface area contributed by atoms with E-state index in [1.165, 1.54) is 17.7 Å². The fourth-order valence-corrected chi connectivity index (χ4v) is 6.60. The average Bonchev–Trinajstić information content (AvgIpc) is 3.61. The number of fused-ring (bicyclic) bond motifs is 2. The molecule has 2 fully saturated rings. The number of aromatic nitrogens is 2. The van der Waals surface area contributed by atoms with Crippen LogP contribution in [0.3, 0.4) is 0 Å². The molecule has 12 heteroatoms. The Morgan fingerprint density at radius 2 is 1.89 bits per heavy atom. The summed E-state index contributed by atoms with van der Waals surface area (Å²) in [6.07, 6.45) is 4.25. The monoisotopic (exact) mass is 622 g/mol. The van der Waals surface area contributed by atoms with Gasteiger partial charge >= 0.3 is 6.09 Å². The van der Waals surface area contributed by atoms with Crippen LogP contribution >= 0.6 is 0 Å². The zero-order chi connectivity index (χ0) is 31.0. The molecule has 11 nitrogen and oxygen atoms in total. The number of hydrogen-bond acceptors (Lipinski definition) is 7. The first-order chi connectivity index (χ1) is 21.1. The van der Waals surface area contributed by atoms with Crippen LogP contribution in [0.2, 0.25) is 25.7 Å². The third kappa shape index (κ3) is 6.37. The summed E-state index contributed by atoms with van der Waals surface area (Å²) in [5.74, 6) is 2.31. The maximum atomic E-state index is 13.9. The van der Waals surface area contributed by atoms with E-state index >= 15 is 0 Å². The number of rotatable bonds is 11. The van der Waals surface area contributed by atoms with Gasteiger partial charge in [0, 0.05) is 51.3 Å². The highest BCUT2D eigenvalue weighted by atomic mass is 28.3. The molecular formula is C32H42N4O7Si. The van der Waals surface area contributed by atoms with Crippen LogP contribution in [0.25, 0.3) is 22.2 Å². The number of nitrogens with one attached hydrogen (secondary N) is 1. The van der Waals surface area contributed by atoms with Crippen molar-refractivity contribution in [3.63, 3.8) is 0 Å². The van der Waals surface area contributed by atoms with Crippen molar-refractivity contribution in [3.05, 3.63) is 35.7 Å². The van der Waals surface area contributed by atoms with Crippen LogP contribution < -0.4 is 19.5 Å². The number of carbonyl (C=O) groups is 2. The summed E-state index contributed by atoms with van der Waals surface area (Å²) in [5.41, 5.74) is 4.18. The predicted molar refractivity (Wildman–Crippen MR) is 168 cm³/mol. The number of nitrogens with zero attached hydrogens (tertiary/aromatic N) is 3. The number of ether oxygens (including phenoxy) is 4. The van der Waals surface area contributed by atoms with E-state index in [1.807, 2.05) is 29.7 Å². The molecule has 2 aromatic heterocycles. The van der Waals surface area contributed by atoms with Crippen LogP contribution in [0, 0.1) is 12.8 Å². The Kier molecular flexibility index (Phi) is 8.47. The Labute approximate surface area is 258 Å². The molecule has 4 heterocycles. The molecule has 2 aliphatic heterocycles. The maximum Gasteiger partial charge on any atom is 0.407 e. The van der Waals surface area contributed by atoms with Gasteiger partial charge in [-0.1, -0.05) is 19.6 Å². The number of carboxylic acid groups (broad SMARTS) is 1. The van der Waals surface area contributed by atoms with Crippen LogP contribution in [0.4, 0.5) is 4.79 Å². The SMILES string of the molecule is Cc1c(C(=O)NC2CCN(C(=O)O)CC2)c2nccc(-c3c(OCC4CC4)ccc4c3OCO4)c2n1COCC[Si](C)(C)C. The van der Waals surface area contributed by atoms with E-state index in [9.17, 15) is 14.7 Å². The summed E-state index contributed by atoms with van der Waals surface area (Å²) in [6, 6.07) is 6.64. The molecule has 6 rings (SSSR count). The zero-order valence-corrected chi connectivity index (χ0v) is 27.0. The minimum Gasteiger partial charge on any atom is -0.493 e. The third-order valence-electron chi connectivity index (χ3n) is 8.68. The molecule has 1 saturated heterocycles. The molecular weight excluding hydrogens is 580 g/mol. The van der Waals surface area contributed by atoms with E-state index in [0.29, 0.717) is 73.4 Å². The Bertz CT molecular complexity index is 1550. The summed E-state index contributed by atoms with van der Waals surface area (Å²) >= 11 is 0. The first kappa shape index (κ1) is 30.3. The van der Waals surface area contributed by atoms with E-state index in [2.05, 4.69) is 25.0 Å². The molecule has 1 aromatic carbocycles. The topological polar surface area (TPSA) is 124 Å². The van der Waals surface area contributed by atoms with Crippen LogP contribution in [-0.4, -0.2) is 78.8 Å². The van der Waals surface area contributed by atoms with Crippen molar-refractivity contribution in [1.29, 1.82) is 0 Å². The molecule has 0 radical (unpaired) electrons. The van der Waals surface area contributed by atoms with Crippen molar-refractivity contribution in [2.45, 2.75) is 71.1 Å². The standard InChI is InChI=1S/C32H42N4O7Si/c1-20-26(31(37)34-22-10-13-35(14-11-22)32(38)39)28-29(36(20)18-40-15-16-44(2,3)4)23(9-12-33-28)27-24(41-17-21-5-6-21)7-8-25-30(27)43-19-42-25/h7-9,12,21-22H,5-6,10-11,13-19H2,1-4H3,(H,34,37)(H,38,39). The van der Waals surface area contributed by atoms with E-state index in [0.717, 1.165) is 28.4 Å². The number of likely N-dealkylation sites (tertiary alicyclic amines) is 1. The fourth-order valence-electron chi connectivity index (χ4n) is 5.85. The fraction of sp³-hybridized carbons (Fsp3) is 0.531. The number of benzene rings is 1. The normalized spacial score (nSPS) is 16.9. The van der Waals surface area contributed by atoms with Crippen molar-refractivity contribution >= 4 is 31.1 Å². The van der Waals surface area contributed by atoms with Gasteiger partial charge in [-0.05, 0) is 62.8 Å². The molecule has 3 aromatic rings.